The zero-order valence-corrected chi connectivity index (χ0v) is 12.8. The molecule has 1 amide bonds. The second-order valence-corrected chi connectivity index (χ2v) is 5.48. The normalized spacial score (nSPS) is 12.4. The molecule has 0 aliphatic rings. The van der Waals surface area contributed by atoms with Crippen molar-refractivity contribution in [3.05, 3.63) is 47.5 Å². The molecule has 1 aromatic heterocycles. The molecule has 0 aliphatic carbocycles. The van der Waals surface area contributed by atoms with E-state index in [1.165, 1.54) is 11.9 Å². The van der Waals surface area contributed by atoms with Crippen LogP contribution in [-0.2, 0) is 11.2 Å². The molecule has 2 rings (SSSR count). The van der Waals surface area contributed by atoms with Gasteiger partial charge in [0.15, 0.2) is 0 Å². The van der Waals surface area contributed by atoms with Gasteiger partial charge in [-0.1, -0.05) is 45.0 Å². The highest BCUT2D eigenvalue weighted by molar-refractivity contribution is 5.79. The van der Waals surface area contributed by atoms with Gasteiger partial charge in [0.1, 0.15) is 12.2 Å². The Labute approximate surface area is 125 Å². The Morgan fingerprint density at radius 3 is 2.81 bits per heavy atom. The molecule has 0 aliphatic heterocycles. The zero-order chi connectivity index (χ0) is 15.2. The largest absolute Gasteiger partial charge is 0.346 e. The van der Waals surface area contributed by atoms with Crippen molar-refractivity contribution in [3.8, 4) is 0 Å². The van der Waals surface area contributed by atoms with Crippen LogP contribution in [0.25, 0.3) is 0 Å². The summed E-state index contributed by atoms with van der Waals surface area (Å²) in [7, 11) is 0. The zero-order valence-electron chi connectivity index (χ0n) is 12.8. The summed E-state index contributed by atoms with van der Waals surface area (Å²) < 4.78 is 0. The lowest BCUT2D eigenvalue weighted by Crippen LogP contribution is -2.30. The summed E-state index contributed by atoms with van der Waals surface area (Å²) in [6, 6.07) is 8.06. The fourth-order valence-electron chi connectivity index (χ4n) is 2.24. The molecule has 5 heteroatoms. The average molecular weight is 286 g/mol. The predicted octanol–water partition coefficient (Wildman–Crippen LogP) is 2.74. The molecule has 1 heterocycles. The topological polar surface area (TPSA) is 70.7 Å². The van der Waals surface area contributed by atoms with Crippen molar-refractivity contribution >= 4 is 5.91 Å². The summed E-state index contributed by atoms with van der Waals surface area (Å²) in [5.41, 5.74) is 2.29. The molecule has 0 fully saturated rings. The molecule has 1 aromatic carbocycles. The SMILES string of the molecule is CCC(NC(=O)Cc1cccc(C(C)C)c1)c1ncn[nH]1. The van der Waals surface area contributed by atoms with Crippen molar-refractivity contribution in [2.24, 2.45) is 0 Å². The van der Waals surface area contributed by atoms with Crippen LogP contribution >= 0.6 is 0 Å². The third kappa shape index (κ3) is 4.15. The molecule has 0 radical (unpaired) electrons. The minimum absolute atomic E-state index is 0.000781. The van der Waals surface area contributed by atoms with Gasteiger partial charge in [-0.3, -0.25) is 9.89 Å². The number of nitrogens with zero attached hydrogens (tertiary/aromatic N) is 2. The summed E-state index contributed by atoms with van der Waals surface area (Å²) in [6.07, 6.45) is 2.61. The monoisotopic (exact) mass is 286 g/mol. The van der Waals surface area contributed by atoms with E-state index >= 15 is 0 Å². The van der Waals surface area contributed by atoms with E-state index in [1.54, 1.807) is 0 Å². The molecule has 1 atom stereocenters. The number of amides is 1. The number of benzene rings is 1. The van der Waals surface area contributed by atoms with Crippen LogP contribution in [0.2, 0.25) is 0 Å². The van der Waals surface area contributed by atoms with Gasteiger partial charge in [0, 0.05) is 0 Å². The number of hydrogen-bond donors (Lipinski definition) is 2. The average Bonchev–Trinajstić information content (AvgIpc) is 2.99. The first kappa shape index (κ1) is 15.2. The van der Waals surface area contributed by atoms with E-state index in [0.29, 0.717) is 18.2 Å². The first-order chi connectivity index (χ1) is 10.1. The number of carbonyl (C=O) groups excluding carboxylic acids is 1. The van der Waals surface area contributed by atoms with E-state index in [4.69, 9.17) is 0 Å². The Kier molecular flexibility index (Phi) is 5.09. The van der Waals surface area contributed by atoms with Crippen molar-refractivity contribution in [2.75, 3.05) is 0 Å². The molecular weight excluding hydrogens is 264 g/mol. The van der Waals surface area contributed by atoms with Gasteiger partial charge in [0.05, 0.1) is 12.5 Å². The number of hydrogen-bond acceptors (Lipinski definition) is 3. The lowest BCUT2D eigenvalue weighted by atomic mass is 9.99. The number of aromatic nitrogens is 3. The highest BCUT2D eigenvalue weighted by atomic mass is 16.1. The fourth-order valence-corrected chi connectivity index (χ4v) is 2.24. The van der Waals surface area contributed by atoms with Gasteiger partial charge in [-0.05, 0) is 23.5 Å². The Morgan fingerprint density at radius 2 is 2.19 bits per heavy atom. The standard InChI is InChI=1S/C16H22N4O/c1-4-14(16-17-10-18-20-16)19-15(21)9-12-6-5-7-13(8-12)11(2)3/h5-8,10-11,14H,4,9H2,1-3H3,(H,19,21)(H,17,18,20). The van der Waals surface area contributed by atoms with Crippen molar-refractivity contribution in [3.63, 3.8) is 0 Å². The van der Waals surface area contributed by atoms with Gasteiger partial charge in [0.2, 0.25) is 5.91 Å². The number of rotatable bonds is 6. The van der Waals surface area contributed by atoms with Crippen LogP contribution in [0.5, 0.6) is 0 Å². The Morgan fingerprint density at radius 1 is 1.38 bits per heavy atom. The number of carbonyl (C=O) groups is 1. The van der Waals surface area contributed by atoms with Crippen molar-refractivity contribution < 1.29 is 4.79 Å². The molecule has 0 saturated heterocycles. The molecule has 0 saturated carbocycles. The van der Waals surface area contributed by atoms with Crippen molar-refractivity contribution in [2.45, 2.75) is 45.6 Å². The maximum Gasteiger partial charge on any atom is 0.225 e. The van der Waals surface area contributed by atoms with Crippen LogP contribution in [-0.4, -0.2) is 21.1 Å². The predicted molar refractivity (Wildman–Crippen MR) is 81.8 cm³/mol. The molecule has 2 N–H and O–H groups in total. The van der Waals surface area contributed by atoms with Gasteiger partial charge in [0.25, 0.3) is 0 Å². The third-order valence-electron chi connectivity index (χ3n) is 3.49. The molecule has 1 unspecified atom stereocenters. The fraction of sp³-hybridized carbons (Fsp3) is 0.438. The van der Waals surface area contributed by atoms with Gasteiger partial charge < -0.3 is 5.32 Å². The lowest BCUT2D eigenvalue weighted by molar-refractivity contribution is -0.121. The summed E-state index contributed by atoms with van der Waals surface area (Å²) in [4.78, 5) is 16.3. The highest BCUT2D eigenvalue weighted by Gasteiger charge is 2.15. The van der Waals surface area contributed by atoms with Crippen LogP contribution in [0.15, 0.2) is 30.6 Å². The molecule has 2 aromatic rings. The van der Waals surface area contributed by atoms with Crippen LogP contribution in [0.3, 0.4) is 0 Å². The minimum atomic E-state index is -0.117. The number of H-pyrrole nitrogens is 1. The maximum atomic E-state index is 12.2. The smallest absolute Gasteiger partial charge is 0.225 e. The summed E-state index contributed by atoms with van der Waals surface area (Å²) in [6.45, 7) is 6.30. The molecule has 0 spiro atoms. The first-order valence-electron chi connectivity index (χ1n) is 7.33. The molecule has 21 heavy (non-hydrogen) atoms. The van der Waals surface area contributed by atoms with Crippen molar-refractivity contribution in [1.29, 1.82) is 0 Å². The van der Waals surface area contributed by atoms with E-state index in [1.807, 2.05) is 19.1 Å². The summed E-state index contributed by atoms with van der Waals surface area (Å²) in [5, 5.41) is 9.63. The van der Waals surface area contributed by atoms with Crippen LogP contribution < -0.4 is 5.32 Å². The quantitative estimate of drug-likeness (QED) is 0.857. The first-order valence-corrected chi connectivity index (χ1v) is 7.33. The maximum absolute atomic E-state index is 12.2. The van der Waals surface area contributed by atoms with E-state index in [2.05, 4.69) is 46.5 Å². The molecule has 112 valence electrons. The summed E-state index contributed by atoms with van der Waals surface area (Å²) in [5.74, 6) is 1.16. The van der Waals surface area contributed by atoms with Crippen molar-refractivity contribution in [1.82, 2.24) is 20.5 Å². The Hall–Kier alpha value is -2.17. The Bertz CT molecular complexity index is 578. The van der Waals surface area contributed by atoms with E-state index in [9.17, 15) is 4.79 Å². The van der Waals surface area contributed by atoms with Gasteiger partial charge in [-0.15, -0.1) is 0 Å². The summed E-state index contributed by atoms with van der Waals surface area (Å²) >= 11 is 0. The number of nitrogens with one attached hydrogen (secondary N) is 2. The molecule has 5 nitrogen and oxygen atoms in total. The van der Waals surface area contributed by atoms with E-state index in [-0.39, 0.29) is 11.9 Å². The van der Waals surface area contributed by atoms with E-state index < -0.39 is 0 Å². The van der Waals surface area contributed by atoms with Crippen LogP contribution in [0.1, 0.15) is 56.1 Å². The van der Waals surface area contributed by atoms with Gasteiger partial charge >= 0.3 is 0 Å². The highest BCUT2D eigenvalue weighted by Crippen LogP contribution is 2.16. The van der Waals surface area contributed by atoms with Gasteiger partial charge in [-0.25, -0.2) is 4.98 Å². The lowest BCUT2D eigenvalue weighted by Gasteiger charge is -2.14. The Balaban J connectivity index is 1.99. The second kappa shape index (κ2) is 7.02. The van der Waals surface area contributed by atoms with Crippen LogP contribution in [0, 0.1) is 0 Å². The number of aromatic amines is 1. The van der Waals surface area contributed by atoms with Gasteiger partial charge in [-0.2, -0.15) is 5.10 Å². The minimum Gasteiger partial charge on any atom is -0.346 e. The third-order valence-corrected chi connectivity index (χ3v) is 3.49. The molecular formula is C16H22N4O. The molecule has 0 bridgehead atoms. The second-order valence-electron chi connectivity index (χ2n) is 5.48. The van der Waals surface area contributed by atoms with E-state index in [0.717, 1.165) is 12.0 Å². The van der Waals surface area contributed by atoms with Crippen LogP contribution in [0.4, 0.5) is 0 Å².